The lowest BCUT2D eigenvalue weighted by atomic mass is 10.1. The van der Waals surface area contributed by atoms with Crippen LogP contribution < -0.4 is 4.74 Å². The number of aliphatic hydroxyl groups is 1. The fourth-order valence-electron chi connectivity index (χ4n) is 3.60. The van der Waals surface area contributed by atoms with Gasteiger partial charge in [-0.25, -0.2) is 4.39 Å². The van der Waals surface area contributed by atoms with E-state index in [4.69, 9.17) is 4.74 Å². The summed E-state index contributed by atoms with van der Waals surface area (Å²) in [5.41, 5.74) is 1.94. The highest BCUT2D eigenvalue weighted by molar-refractivity contribution is 5.39. The van der Waals surface area contributed by atoms with E-state index < -0.39 is 0 Å². The summed E-state index contributed by atoms with van der Waals surface area (Å²) in [6.45, 7) is 4.07. The number of phenolic OH excluding ortho intramolecular Hbond substituents is 1. The average molecular weight is 374 g/mol. The van der Waals surface area contributed by atoms with E-state index in [1.807, 2.05) is 24.3 Å². The number of hydrogen-bond acceptors (Lipinski definition) is 5. The zero-order valence-corrected chi connectivity index (χ0v) is 15.6. The summed E-state index contributed by atoms with van der Waals surface area (Å²) in [5, 5.41) is 19.7. The summed E-state index contributed by atoms with van der Waals surface area (Å²) in [7, 11) is 1.58. The van der Waals surface area contributed by atoms with Crippen LogP contribution in [0.15, 0.2) is 42.5 Å². The maximum Gasteiger partial charge on any atom is 0.123 e. The van der Waals surface area contributed by atoms with Crippen LogP contribution in [0.4, 0.5) is 4.39 Å². The van der Waals surface area contributed by atoms with Gasteiger partial charge in [-0.3, -0.25) is 9.80 Å². The Labute approximate surface area is 159 Å². The van der Waals surface area contributed by atoms with Crippen LogP contribution in [0.2, 0.25) is 0 Å². The number of phenols is 1. The third-order valence-electron chi connectivity index (χ3n) is 5.14. The highest BCUT2D eigenvalue weighted by atomic mass is 19.1. The Bertz CT molecular complexity index is 739. The molecule has 1 saturated heterocycles. The van der Waals surface area contributed by atoms with Gasteiger partial charge < -0.3 is 14.9 Å². The fraction of sp³-hybridized carbons (Fsp3) is 0.429. The average Bonchev–Trinajstić information content (AvgIpc) is 2.67. The number of piperazine rings is 1. The van der Waals surface area contributed by atoms with Gasteiger partial charge in [-0.2, -0.15) is 0 Å². The number of halogens is 1. The number of aliphatic hydroxyl groups excluding tert-OH is 1. The molecule has 6 heteroatoms. The molecule has 146 valence electrons. The number of benzene rings is 2. The van der Waals surface area contributed by atoms with Crippen LogP contribution in [0.5, 0.6) is 11.5 Å². The molecule has 5 nitrogen and oxygen atoms in total. The maximum atomic E-state index is 13.1. The Kier molecular flexibility index (Phi) is 6.66. The van der Waals surface area contributed by atoms with E-state index in [0.29, 0.717) is 18.7 Å². The minimum absolute atomic E-state index is 0.131. The Hall–Kier alpha value is -2.15. The Morgan fingerprint density at radius 3 is 2.56 bits per heavy atom. The largest absolute Gasteiger partial charge is 0.507 e. The smallest absolute Gasteiger partial charge is 0.123 e. The fourth-order valence-corrected chi connectivity index (χ4v) is 3.60. The molecule has 3 rings (SSSR count). The van der Waals surface area contributed by atoms with Crippen molar-refractivity contribution in [2.75, 3.05) is 33.4 Å². The van der Waals surface area contributed by atoms with Crippen molar-refractivity contribution in [1.82, 2.24) is 9.80 Å². The van der Waals surface area contributed by atoms with E-state index in [9.17, 15) is 14.6 Å². The van der Waals surface area contributed by atoms with Gasteiger partial charge in [0.25, 0.3) is 0 Å². The van der Waals surface area contributed by atoms with Gasteiger partial charge in [0.05, 0.1) is 7.11 Å². The first kappa shape index (κ1) is 19.6. The van der Waals surface area contributed by atoms with Crippen molar-refractivity contribution in [3.63, 3.8) is 0 Å². The molecule has 0 spiro atoms. The third kappa shape index (κ3) is 5.19. The molecule has 27 heavy (non-hydrogen) atoms. The van der Waals surface area contributed by atoms with Crippen LogP contribution in [-0.4, -0.2) is 59.4 Å². The summed E-state index contributed by atoms with van der Waals surface area (Å²) >= 11 is 0. The van der Waals surface area contributed by atoms with Crippen molar-refractivity contribution < 1.29 is 19.3 Å². The molecule has 0 aliphatic carbocycles. The van der Waals surface area contributed by atoms with E-state index in [1.165, 1.54) is 12.1 Å². The molecule has 1 aliphatic heterocycles. The summed E-state index contributed by atoms with van der Waals surface area (Å²) in [6, 6.07) is 12.2. The zero-order valence-electron chi connectivity index (χ0n) is 15.6. The van der Waals surface area contributed by atoms with Crippen molar-refractivity contribution in [1.29, 1.82) is 0 Å². The van der Waals surface area contributed by atoms with Crippen molar-refractivity contribution in [3.8, 4) is 11.5 Å². The molecule has 0 aromatic heterocycles. The second-order valence-corrected chi connectivity index (χ2v) is 6.99. The zero-order chi connectivity index (χ0) is 19.2. The highest BCUT2D eigenvalue weighted by Gasteiger charge is 2.27. The Balaban J connectivity index is 1.63. The monoisotopic (exact) mass is 374 g/mol. The molecule has 2 aromatic rings. The lowest BCUT2D eigenvalue weighted by Gasteiger charge is -2.41. The molecule has 0 amide bonds. The van der Waals surface area contributed by atoms with E-state index in [-0.39, 0.29) is 24.2 Å². The van der Waals surface area contributed by atoms with Crippen molar-refractivity contribution >= 4 is 0 Å². The van der Waals surface area contributed by atoms with Gasteiger partial charge in [-0.15, -0.1) is 0 Å². The molecule has 0 bridgehead atoms. The molecule has 2 aromatic carbocycles. The van der Waals surface area contributed by atoms with Gasteiger partial charge in [-0.1, -0.05) is 18.2 Å². The number of aromatic hydroxyl groups is 1. The normalized spacial score (nSPS) is 18.6. The van der Waals surface area contributed by atoms with Gasteiger partial charge in [-0.05, 0) is 30.2 Å². The molecule has 0 unspecified atom stereocenters. The Morgan fingerprint density at radius 2 is 1.89 bits per heavy atom. The van der Waals surface area contributed by atoms with Gasteiger partial charge in [0, 0.05) is 57.0 Å². The molecule has 1 heterocycles. The van der Waals surface area contributed by atoms with Crippen molar-refractivity contribution in [2.24, 2.45) is 0 Å². The van der Waals surface area contributed by atoms with Crippen LogP contribution in [0.3, 0.4) is 0 Å². The third-order valence-corrected chi connectivity index (χ3v) is 5.14. The van der Waals surface area contributed by atoms with Crippen molar-refractivity contribution in [3.05, 3.63) is 59.4 Å². The lowest BCUT2D eigenvalue weighted by Crippen LogP contribution is -2.52. The first-order valence-corrected chi connectivity index (χ1v) is 9.26. The lowest BCUT2D eigenvalue weighted by molar-refractivity contribution is 0.0496. The second kappa shape index (κ2) is 9.17. The SMILES string of the molecule is COc1ccc(CN2CCN(Cc3ccc(F)cc3)[C@@H](CCO)C2)c(O)c1. The summed E-state index contributed by atoms with van der Waals surface area (Å²) in [6.07, 6.45) is 0.687. The predicted octanol–water partition coefficient (Wildman–Crippen LogP) is 2.61. The van der Waals surface area contributed by atoms with Gasteiger partial charge >= 0.3 is 0 Å². The standard InChI is InChI=1S/C21H27FN2O3/c1-27-20-7-4-17(21(26)12-20)14-23-9-10-24(19(15-23)8-11-25)13-16-2-5-18(22)6-3-16/h2-7,12,19,25-26H,8-11,13-15H2,1H3/t19-/m0/s1. The number of nitrogens with zero attached hydrogens (tertiary/aromatic N) is 2. The first-order valence-electron chi connectivity index (χ1n) is 9.26. The number of hydrogen-bond donors (Lipinski definition) is 2. The van der Waals surface area contributed by atoms with E-state index >= 15 is 0 Å². The van der Waals surface area contributed by atoms with Gasteiger partial charge in [0.2, 0.25) is 0 Å². The summed E-state index contributed by atoms with van der Waals surface area (Å²) in [4.78, 5) is 4.64. The van der Waals surface area contributed by atoms with Crippen molar-refractivity contribution in [2.45, 2.75) is 25.6 Å². The number of methoxy groups -OCH3 is 1. The molecule has 0 saturated carbocycles. The van der Waals surface area contributed by atoms with Gasteiger partial charge in [0.15, 0.2) is 0 Å². The molecule has 1 fully saturated rings. The first-order chi connectivity index (χ1) is 13.1. The summed E-state index contributed by atoms with van der Waals surface area (Å²) < 4.78 is 18.3. The van der Waals surface area contributed by atoms with Crippen LogP contribution >= 0.6 is 0 Å². The molecule has 2 N–H and O–H groups in total. The molecule has 1 atom stereocenters. The van der Waals surface area contributed by atoms with Gasteiger partial charge in [0.1, 0.15) is 17.3 Å². The maximum absolute atomic E-state index is 13.1. The van der Waals surface area contributed by atoms with Crippen LogP contribution in [0.1, 0.15) is 17.5 Å². The minimum Gasteiger partial charge on any atom is -0.507 e. The highest BCUT2D eigenvalue weighted by Crippen LogP contribution is 2.26. The molecule has 1 aliphatic rings. The predicted molar refractivity (Wildman–Crippen MR) is 102 cm³/mol. The molecular formula is C21H27FN2O3. The second-order valence-electron chi connectivity index (χ2n) is 6.99. The Morgan fingerprint density at radius 1 is 1.11 bits per heavy atom. The number of ether oxygens (including phenoxy) is 1. The van der Waals surface area contributed by atoms with E-state index in [2.05, 4.69) is 9.80 Å². The molecular weight excluding hydrogens is 347 g/mol. The topological polar surface area (TPSA) is 56.2 Å². The molecule has 0 radical (unpaired) electrons. The van der Waals surface area contributed by atoms with Crippen LogP contribution in [-0.2, 0) is 13.1 Å². The summed E-state index contributed by atoms with van der Waals surface area (Å²) in [5.74, 6) is 0.648. The number of rotatable bonds is 7. The van der Waals surface area contributed by atoms with E-state index in [1.54, 1.807) is 13.2 Å². The quantitative estimate of drug-likeness (QED) is 0.780. The van der Waals surface area contributed by atoms with E-state index in [0.717, 1.165) is 37.3 Å². The minimum atomic E-state index is -0.227. The van der Waals surface area contributed by atoms with Crippen LogP contribution in [0.25, 0.3) is 0 Å². The van der Waals surface area contributed by atoms with Crippen LogP contribution in [0, 0.1) is 5.82 Å².